The first-order valence-electron chi connectivity index (χ1n) is 9.41. The van der Waals surface area contributed by atoms with Crippen molar-refractivity contribution >= 4 is 29.9 Å². The van der Waals surface area contributed by atoms with Crippen LogP contribution in [-0.4, -0.2) is 38.9 Å². The lowest BCUT2D eigenvalue weighted by molar-refractivity contribution is 0.0601. The van der Waals surface area contributed by atoms with Crippen molar-refractivity contribution in [1.82, 2.24) is 25.4 Å². The smallest absolute Gasteiger partial charge is 0.191 e. The number of aryl methyl sites for hydroxylation is 3. The van der Waals surface area contributed by atoms with Gasteiger partial charge >= 0.3 is 0 Å². The molecule has 0 radical (unpaired) electrons. The van der Waals surface area contributed by atoms with Gasteiger partial charge in [-0.05, 0) is 40.2 Å². The van der Waals surface area contributed by atoms with Crippen LogP contribution in [0.5, 0.6) is 0 Å². The Labute approximate surface area is 184 Å². The van der Waals surface area contributed by atoms with Crippen LogP contribution in [0.2, 0.25) is 0 Å². The second kappa shape index (κ2) is 10.8. The highest BCUT2D eigenvalue weighted by Gasteiger charge is 2.27. The average molecular weight is 504 g/mol. The van der Waals surface area contributed by atoms with Crippen molar-refractivity contribution in [3.63, 3.8) is 0 Å². The molecule has 0 aromatic carbocycles. The molecule has 0 fully saturated rings. The molecule has 2 aromatic rings. The Balaban J connectivity index is 0.00000392. The number of nitrogens with zero attached hydrogens (tertiary/aromatic N) is 4. The highest BCUT2D eigenvalue weighted by atomic mass is 127. The Hall–Kier alpha value is -1.62. The van der Waals surface area contributed by atoms with Gasteiger partial charge in [-0.15, -0.1) is 34.2 Å². The predicted molar refractivity (Wildman–Crippen MR) is 121 cm³/mol. The molecular weight excluding hydrogens is 471 g/mol. The van der Waals surface area contributed by atoms with Gasteiger partial charge in [-0.1, -0.05) is 13.3 Å². The summed E-state index contributed by atoms with van der Waals surface area (Å²) in [5.74, 6) is 3.79. The normalized spacial score (nSPS) is 13.8. The lowest BCUT2D eigenvalue weighted by Crippen LogP contribution is -2.45. The number of hydrogen-bond donors (Lipinski definition) is 3. The number of aromatic nitrogens is 3. The second-order valence-electron chi connectivity index (χ2n) is 7.12. The molecule has 0 aliphatic carbocycles. The molecule has 0 amide bonds. The molecular formula is C19H33IN6O2. The Morgan fingerprint density at radius 2 is 2.00 bits per heavy atom. The lowest BCUT2D eigenvalue weighted by Gasteiger charge is -2.24. The first-order chi connectivity index (χ1) is 12.7. The third-order valence-electron chi connectivity index (χ3n) is 4.61. The van der Waals surface area contributed by atoms with Gasteiger partial charge in [0.05, 0.1) is 6.54 Å². The third-order valence-corrected chi connectivity index (χ3v) is 4.61. The maximum Gasteiger partial charge on any atom is 0.191 e. The van der Waals surface area contributed by atoms with Gasteiger partial charge in [-0.2, -0.15) is 0 Å². The molecule has 2 rings (SSSR count). The van der Waals surface area contributed by atoms with Gasteiger partial charge in [-0.25, -0.2) is 4.99 Å². The highest BCUT2D eigenvalue weighted by molar-refractivity contribution is 14.0. The van der Waals surface area contributed by atoms with E-state index in [4.69, 9.17) is 4.42 Å². The fourth-order valence-electron chi connectivity index (χ4n) is 2.81. The van der Waals surface area contributed by atoms with Gasteiger partial charge in [0.15, 0.2) is 11.8 Å². The molecule has 0 spiro atoms. The highest BCUT2D eigenvalue weighted by Crippen LogP contribution is 2.26. The zero-order chi connectivity index (χ0) is 20.0. The number of aliphatic hydroxyl groups is 1. The summed E-state index contributed by atoms with van der Waals surface area (Å²) in [5, 5.41) is 25.7. The van der Waals surface area contributed by atoms with E-state index in [0.29, 0.717) is 19.0 Å². The Morgan fingerprint density at radius 3 is 2.54 bits per heavy atom. The van der Waals surface area contributed by atoms with Gasteiger partial charge in [0, 0.05) is 19.2 Å². The number of unbranched alkanes of at least 4 members (excludes halogenated alkanes) is 1. The zero-order valence-electron chi connectivity index (χ0n) is 17.7. The van der Waals surface area contributed by atoms with Crippen molar-refractivity contribution in [3.8, 4) is 0 Å². The van der Waals surface area contributed by atoms with Crippen LogP contribution in [0, 0.1) is 20.8 Å². The lowest BCUT2D eigenvalue weighted by atomic mass is 9.96. The van der Waals surface area contributed by atoms with Crippen LogP contribution in [0.15, 0.2) is 15.5 Å². The van der Waals surface area contributed by atoms with Crippen LogP contribution in [0.4, 0.5) is 0 Å². The Morgan fingerprint density at radius 1 is 1.29 bits per heavy atom. The average Bonchev–Trinajstić information content (AvgIpc) is 3.12. The minimum absolute atomic E-state index is 0. The molecule has 3 N–H and O–H groups in total. The topological polar surface area (TPSA) is 100 Å². The molecule has 0 aliphatic heterocycles. The molecule has 158 valence electrons. The van der Waals surface area contributed by atoms with Crippen molar-refractivity contribution in [3.05, 3.63) is 34.8 Å². The van der Waals surface area contributed by atoms with Gasteiger partial charge in [0.25, 0.3) is 0 Å². The molecule has 28 heavy (non-hydrogen) atoms. The van der Waals surface area contributed by atoms with Crippen molar-refractivity contribution in [1.29, 1.82) is 0 Å². The molecule has 9 heteroatoms. The largest absolute Gasteiger partial charge is 0.466 e. The number of halogens is 1. The third kappa shape index (κ3) is 6.47. The minimum Gasteiger partial charge on any atom is -0.466 e. The second-order valence-corrected chi connectivity index (χ2v) is 7.12. The maximum atomic E-state index is 10.9. The quantitative estimate of drug-likeness (QED) is 0.221. The summed E-state index contributed by atoms with van der Waals surface area (Å²) in [4.78, 5) is 4.60. The first-order valence-corrected chi connectivity index (χ1v) is 9.41. The van der Waals surface area contributed by atoms with E-state index in [9.17, 15) is 5.11 Å². The number of hydrogen-bond acceptors (Lipinski definition) is 5. The van der Waals surface area contributed by atoms with Gasteiger partial charge in [-0.3, -0.25) is 0 Å². The summed E-state index contributed by atoms with van der Waals surface area (Å²) >= 11 is 0. The van der Waals surface area contributed by atoms with Crippen molar-refractivity contribution in [2.24, 2.45) is 12.0 Å². The zero-order valence-corrected chi connectivity index (χ0v) is 20.0. The van der Waals surface area contributed by atoms with Crippen LogP contribution in [0.3, 0.4) is 0 Å². The molecule has 0 saturated heterocycles. The summed E-state index contributed by atoms with van der Waals surface area (Å²) in [5.41, 5.74) is -0.291. The minimum atomic E-state index is -1.07. The van der Waals surface area contributed by atoms with Crippen LogP contribution >= 0.6 is 24.0 Å². The molecule has 2 heterocycles. The van der Waals surface area contributed by atoms with Crippen LogP contribution in [0.25, 0.3) is 0 Å². The monoisotopic (exact) mass is 504 g/mol. The molecule has 0 bridgehead atoms. The van der Waals surface area contributed by atoms with Gasteiger partial charge in [0.1, 0.15) is 29.5 Å². The summed E-state index contributed by atoms with van der Waals surface area (Å²) in [6.07, 6.45) is 2.13. The molecule has 2 aromatic heterocycles. The number of rotatable bonds is 8. The van der Waals surface area contributed by atoms with Crippen LogP contribution in [-0.2, 0) is 19.2 Å². The molecule has 0 aliphatic rings. The van der Waals surface area contributed by atoms with Crippen LogP contribution in [0.1, 0.15) is 55.4 Å². The maximum absolute atomic E-state index is 10.9. The summed E-state index contributed by atoms with van der Waals surface area (Å²) in [6.45, 7) is 11.1. The van der Waals surface area contributed by atoms with Crippen molar-refractivity contribution in [2.75, 3.05) is 13.1 Å². The predicted octanol–water partition coefficient (Wildman–Crippen LogP) is 2.69. The summed E-state index contributed by atoms with van der Waals surface area (Å²) < 4.78 is 7.47. The SMILES string of the molecule is CCCCNC(=NCc1nnc(C)n1C)NCC(C)(O)c1cc(C)oc1C.I. The molecule has 1 atom stereocenters. The molecule has 8 nitrogen and oxygen atoms in total. The summed E-state index contributed by atoms with van der Waals surface area (Å²) in [6, 6.07) is 1.88. The van der Waals surface area contributed by atoms with E-state index >= 15 is 0 Å². The number of guanidine groups is 1. The van der Waals surface area contributed by atoms with E-state index in [1.54, 1.807) is 6.92 Å². The summed E-state index contributed by atoms with van der Waals surface area (Å²) in [7, 11) is 1.92. The van der Waals surface area contributed by atoms with E-state index in [1.807, 2.05) is 38.5 Å². The Bertz CT molecular complexity index is 781. The van der Waals surface area contributed by atoms with Crippen molar-refractivity contribution in [2.45, 2.75) is 59.6 Å². The molecule has 0 saturated carbocycles. The van der Waals surface area contributed by atoms with Crippen molar-refractivity contribution < 1.29 is 9.52 Å². The standard InChI is InChI=1S/C19H32N6O2.HI/c1-7-8-9-20-18(21-11-17-24-23-15(4)25(17)6)22-12-19(5,26)16-10-13(2)27-14(16)3;/h10,26H,7-9,11-12H2,1-6H3,(H2,20,21,22);1H. The van der Waals surface area contributed by atoms with E-state index in [1.165, 1.54) is 0 Å². The Kier molecular flexibility index (Phi) is 9.42. The van der Waals surface area contributed by atoms with Gasteiger partial charge < -0.3 is 24.7 Å². The first kappa shape index (κ1) is 24.4. The number of aliphatic imine (C=N–C) groups is 1. The fourth-order valence-corrected chi connectivity index (χ4v) is 2.81. The van der Waals surface area contributed by atoms with E-state index in [0.717, 1.165) is 48.1 Å². The van der Waals surface area contributed by atoms with E-state index < -0.39 is 5.60 Å². The van der Waals surface area contributed by atoms with E-state index in [2.05, 4.69) is 32.7 Å². The molecule has 1 unspecified atom stereocenters. The van der Waals surface area contributed by atoms with E-state index in [-0.39, 0.29) is 24.0 Å². The number of furan rings is 1. The van der Waals surface area contributed by atoms with Crippen LogP contribution < -0.4 is 10.6 Å². The number of nitrogens with one attached hydrogen (secondary N) is 2. The fraction of sp³-hybridized carbons (Fsp3) is 0.632. The van der Waals surface area contributed by atoms with Gasteiger partial charge in [0.2, 0.25) is 0 Å².